The third kappa shape index (κ3) is 2.96. The van der Waals surface area contributed by atoms with Crippen molar-refractivity contribution in [2.45, 2.75) is 51.1 Å². The maximum Gasteiger partial charge on any atom is 0.00823 e. The fraction of sp³-hybridized carbons (Fsp3) is 1.00. The highest BCUT2D eigenvalue weighted by Gasteiger charge is 2.29. The lowest BCUT2D eigenvalue weighted by molar-refractivity contribution is 0.336. The van der Waals surface area contributed by atoms with Gasteiger partial charge in [0.25, 0.3) is 0 Å². The van der Waals surface area contributed by atoms with Gasteiger partial charge in [0, 0.05) is 12.1 Å². The Hall–Kier alpha value is -0.0800. The SMILES string of the molecule is CC(NC1CCCN(C)CC1)C1CC1. The third-order valence-corrected chi connectivity index (χ3v) is 3.78. The second kappa shape index (κ2) is 4.63. The van der Waals surface area contributed by atoms with Gasteiger partial charge >= 0.3 is 0 Å². The van der Waals surface area contributed by atoms with Crippen molar-refractivity contribution < 1.29 is 0 Å². The summed E-state index contributed by atoms with van der Waals surface area (Å²) < 4.78 is 0. The Labute approximate surface area is 88.1 Å². The van der Waals surface area contributed by atoms with Gasteiger partial charge in [0.15, 0.2) is 0 Å². The summed E-state index contributed by atoms with van der Waals surface area (Å²) in [6.07, 6.45) is 7.00. The van der Waals surface area contributed by atoms with Crippen LogP contribution in [0.2, 0.25) is 0 Å². The summed E-state index contributed by atoms with van der Waals surface area (Å²) in [5.74, 6) is 0.996. The van der Waals surface area contributed by atoms with Gasteiger partial charge in [-0.2, -0.15) is 0 Å². The topological polar surface area (TPSA) is 15.3 Å². The van der Waals surface area contributed by atoms with Gasteiger partial charge in [0.05, 0.1) is 0 Å². The molecular weight excluding hydrogens is 172 g/mol. The van der Waals surface area contributed by atoms with E-state index in [1.54, 1.807) is 0 Å². The van der Waals surface area contributed by atoms with Gasteiger partial charge in [-0.05, 0) is 65.1 Å². The van der Waals surface area contributed by atoms with Crippen molar-refractivity contribution in [1.82, 2.24) is 10.2 Å². The van der Waals surface area contributed by atoms with Crippen molar-refractivity contribution in [1.29, 1.82) is 0 Å². The van der Waals surface area contributed by atoms with E-state index in [1.807, 2.05) is 0 Å². The number of likely N-dealkylation sites (tertiary alicyclic amines) is 1. The lowest BCUT2D eigenvalue weighted by atomic mass is 10.1. The zero-order valence-electron chi connectivity index (χ0n) is 9.63. The van der Waals surface area contributed by atoms with E-state index in [-0.39, 0.29) is 0 Å². The van der Waals surface area contributed by atoms with Crippen molar-refractivity contribution in [3.05, 3.63) is 0 Å². The van der Waals surface area contributed by atoms with Crippen molar-refractivity contribution in [2.24, 2.45) is 5.92 Å². The minimum absolute atomic E-state index is 0.767. The van der Waals surface area contributed by atoms with E-state index in [0.717, 1.165) is 18.0 Å². The summed E-state index contributed by atoms with van der Waals surface area (Å²) in [6, 6.07) is 1.55. The highest BCUT2D eigenvalue weighted by molar-refractivity contribution is 4.86. The van der Waals surface area contributed by atoms with Crippen LogP contribution in [0, 0.1) is 5.92 Å². The van der Waals surface area contributed by atoms with Crippen LogP contribution in [0.5, 0.6) is 0 Å². The lowest BCUT2D eigenvalue weighted by Gasteiger charge is -2.21. The highest BCUT2D eigenvalue weighted by Crippen LogP contribution is 2.32. The molecule has 2 heteroatoms. The van der Waals surface area contributed by atoms with Gasteiger partial charge in [0.2, 0.25) is 0 Å². The van der Waals surface area contributed by atoms with Crippen LogP contribution in [0.4, 0.5) is 0 Å². The Balaban J connectivity index is 1.73. The molecule has 1 heterocycles. The smallest absolute Gasteiger partial charge is 0.00823 e. The van der Waals surface area contributed by atoms with Crippen LogP contribution in [0.15, 0.2) is 0 Å². The van der Waals surface area contributed by atoms with E-state index in [4.69, 9.17) is 0 Å². The molecule has 1 saturated heterocycles. The molecule has 0 amide bonds. The molecule has 2 aliphatic rings. The molecule has 1 N–H and O–H groups in total. The van der Waals surface area contributed by atoms with Crippen molar-refractivity contribution in [2.75, 3.05) is 20.1 Å². The van der Waals surface area contributed by atoms with Crippen LogP contribution >= 0.6 is 0 Å². The summed E-state index contributed by atoms with van der Waals surface area (Å²) in [5, 5.41) is 3.81. The zero-order valence-corrected chi connectivity index (χ0v) is 9.63. The fourth-order valence-corrected chi connectivity index (χ4v) is 2.51. The Kier molecular flexibility index (Phi) is 3.45. The molecule has 2 atom stereocenters. The minimum Gasteiger partial charge on any atom is -0.311 e. The van der Waals surface area contributed by atoms with Crippen molar-refractivity contribution in [3.8, 4) is 0 Å². The van der Waals surface area contributed by atoms with E-state index >= 15 is 0 Å². The van der Waals surface area contributed by atoms with Crippen LogP contribution in [-0.4, -0.2) is 37.1 Å². The van der Waals surface area contributed by atoms with Crippen molar-refractivity contribution >= 4 is 0 Å². The fourth-order valence-electron chi connectivity index (χ4n) is 2.51. The largest absolute Gasteiger partial charge is 0.311 e. The number of hydrogen-bond acceptors (Lipinski definition) is 2. The molecule has 0 aromatic rings. The summed E-state index contributed by atoms with van der Waals surface area (Å²) in [6.45, 7) is 4.93. The minimum atomic E-state index is 0.767. The lowest BCUT2D eigenvalue weighted by Crippen LogP contribution is -2.38. The molecule has 82 valence electrons. The van der Waals surface area contributed by atoms with Gasteiger partial charge in [-0.15, -0.1) is 0 Å². The Bertz CT molecular complexity index is 177. The third-order valence-electron chi connectivity index (χ3n) is 3.78. The summed E-state index contributed by atoms with van der Waals surface area (Å²) in [7, 11) is 2.24. The molecule has 0 aromatic carbocycles. The average molecular weight is 196 g/mol. The molecule has 0 aromatic heterocycles. The molecule has 1 saturated carbocycles. The van der Waals surface area contributed by atoms with Crippen LogP contribution in [0.25, 0.3) is 0 Å². The Morgan fingerprint density at radius 1 is 1.14 bits per heavy atom. The second-order valence-corrected chi connectivity index (χ2v) is 5.22. The van der Waals surface area contributed by atoms with Gasteiger partial charge in [-0.25, -0.2) is 0 Å². The molecule has 14 heavy (non-hydrogen) atoms. The van der Waals surface area contributed by atoms with Crippen LogP contribution in [0.1, 0.15) is 39.0 Å². The maximum atomic E-state index is 3.81. The van der Waals surface area contributed by atoms with E-state index < -0.39 is 0 Å². The summed E-state index contributed by atoms with van der Waals surface area (Å²) in [5.41, 5.74) is 0. The molecule has 0 radical (unpaired) electrons. The first-order valence-electron chi connectivity index (χ1n) is 6.20. The number of rotatable bonds is 3. The first kappa shape index (κ1) is 10.4. The zero-order chi connectivity index (χ0) is 9.97. The second-order valence-electron chi connectivity index (χ2n) is 5.22. The van der Waals surface area contributed by atoms with Crippen LogP contribution in [0.3, 0.4) is 0 Å². The molecule has 2 fully saturated rings. The molecule has 0 spiro atoms. The average Bonchev–Trinajstić information content (AvgIpc) is 2.94. The molecule has 1 aliphatic heterocycles. The first-order valence-corrected chi connectivity index (χ1v) is 6.20. The normalized spacial score (nSPS) is 32.6. The van der Waals surface area contributed by atoms with E-state index in [2.05, 4.69) is 24.2 Å². The van der Waals surface area contributed by atoms with E-state index in [1.165, 1.54) is 45.2 Å². The molecule has 2 rings (SSSR count). The van der Waals surface area contributed by atoms with E-state index in [9.17, 15) is 0 Å². The molecule has 1 aliphatic carbocycles. The molecule has 2 unspecified atom stereocenters. The molecule has 0 bridgehead atoms. The predicted molar refractivity (Wildman–Crippen MR) is 60.5 cm³/mol. The summed E-state index contributed by atoms with van der Waals surface area (Å²) >= 11 is 0. The first-order chi connectivity index (χ1) is 6.75. The van der Waals surface area contributed by atoms with Gasteiger partial charge in [0.1, 0.15) is 0 Å². The molecular formula is C12H24N2. The molecule has 2 nitrogen and oxygen atoms in total. The monoisotopic (exact) mass is 196 g/mol. The Morgan fingerprint density at radius 2 is 1.93 bits per heavy atom. The standard InChI is InChI=1S/C12H24N2/c1-10(11-5-6-11)13-12-4-3-8-14(2)9-7-12/h10-13H,3-9H2,1-2H3. The van der Waals surface area contributed by atoms with Gasteiger partial charge < -0.3 is 10.2 Å². The highest BCUT2D eigenvalue weighted by atomic mass is 15.1. The van der Waals surface area contributed by atoms with Gasteiger partial charge in [-0.1, -0.05) is 0 Å². The number of nitrogens with one attached hydrogen (secondary N) is 1. The quantitative estimate of drug-likeness (QED) is 0.741. The maximum absolute atomic E-state index is 3.81. The van der Waals surface area contributed by atoms with Crippen LogP contribution < -0.4 is 5.32 Å². The summed E-state index contributed by atoms with van der Waals surface area (Å²) in [4.78, 5) is 2.46. The van der Waals surface area contributed by atoms with Crippen LogP contribution in [-0.2, 0) is 0 Å². The van der Waals surface area contributed by atoms with E-state index in [0.29, 0.717) is 0 Å². The number of hydrogen-bond donors (Lipinski definition) is 1. The number of nitrogens with zero attached hydrogens (tertiary/aromatic N) is 1. The van der Waals surface area contributed by atoms with Gasteiger partial charge in [-0.3, -0.25) is 0 Å². The Morgan fingerprint density at radius 3 is 2.64 bits per heavy atom. The van der Waals surface area contributed by atoms with Crippen molar-refractivity contribution in [3.63, 3.8) is 0 Å². The predicted octanol–water partition coefficient (Wildman–Crippen LogP) is 1.86.